The number of nitrogens with two attached hydrogens (primary N) is 1. The molecular weight excluding hydrogens is 251 g/mol. The molecule has 4 nitrogen and oxygen atoms in total. The molecule has 1 aromatic carbocycles. The molecule has 3 N–H and O–H groups in total. The van der Waals surface area contributed by atoms with Crippen molar-refractivity contribution in [3.05, 3.63) is 27.7 Å². The largest absolute Gasteiger partial charge is 0.396 e. The van der Waals surface area contributed by atoms with E-state index >= 15 is 0 Å². The third-order valence-corrected chi connectivity index (χ3v) is 2.73. The molecule has 0 unspecified atom stereocenters. The highest BCUT2D eigenvalue weighted by Gasteiger charge is 2.14. The Labute approximate surface area is 104 Å². The maximum atomic E-state index is 11.8. The molecule has 0 bridgehead atoms. The van der Waals surface area contributed by atoms with E-state index in [-0.39, 0.29) is 34.8 Å². The Balaban J connectivity index is 3.01. The van der Waals surface area contributed by atoms with E-state index in [1.54, 1.807) is 7.05 Å². The van der Waals surface area contributed by atoms with Crippen LogP contribution in [0.2, 0.25) is 10.0 Å². The van der Waals surface area contributed by atoms with Crippen molar-refractivity contribution in [2.24, 2.45) is 0 Å². The first kappa shape index (κ1) is 13.1. The number of hydrogen-bond acceptors (Lipinski definition) is 3. The summed E-state index contributed by atoms with van der Waals surface area (Å²) in [6.07, 6.45) is 0. The van der Waals surface area contributed by atoms with Gasteiger partial charge in [0, 0.05) is 19.2 Å². The van der Waals surface area contributed by atoms with Crippen LogP contribution in [0.5, 0.6) is 0 Å². The van der Waals surface area contributed by atoms with Crippen molar-refractivity contribution in [1.82, 2.24) is 4.90 Å². The number of halogens is 2. The molecule has 1 amide bonds. The topological polar surface area (TPSA) is 66.6 Å². The van der Waals surface area contributed by atoms with Gasteiger partial charge in [-0.1, -0.05) is 23.2 Å². The SMILES string of the molecule is CN(CCO)C(=O)c1cc(Cl)c(N)c(Cl)c1. The zero-order valence-corrected chi connectivity index (χ0v) is 10.2. The third-order valence-electron chi connectivity index (χ3n) is 2.11. The number of amides is 1. The molecule has 0 spiro atoms. The molecule has 0 aliphatic rings. The Bertz CT molecular complexity index is 387. The Morgan fingerprint density at radius 2 is 1.94 bits per heavy atom. The zero-order valence-electron chi connectivity index (χ0n) is 8.70. The molecule has 0 aliphatic heterocycles. The summed E-state index contributed by atoms with van der Waals surface area (Å²) in [6.45, 7) is 0.150. The second kappa shape index (κ2) is 5.39. The monoisotopic (exact) mass is 262 g/mol. The number of aliphatic hydroxyl groups is 1. The van der Waals surface area contributed by atoms with Crippen LogP contribution in [0.4, 0.5) is 5.69 Å². The first-order chi connectivity index (χ1) is 7.47. The quantitative estimate of drug-likeness (QED) is 0.814. The lowest BCUT2D eigenvalue weighted by Crippen LogP contribution is -2.29. The van der Waals surface area contributed by atoms with E-state index in [4.69, 9.17) is 34.0 Å². The van der Waals surface area contributed by atoms with Crippen LogP contribution in [0.15, 0.2) is 12.1 Å². The van der Waals surface area contributed by atoms with Crippen LogP contribution in [0.1, 0.15) is 10.4 Å². The first-order valence-corrected chi connectivity index (χ1v) is 5.33. The molecule has 0 heterocycles. The fourth-order valence-electron chi connectivity index (χ4n) is 1.18. The lowest BCUT2D eigenvalue weighted by molar-refractivity contribution is 0.0767. The highest BCUT2D eigenvalue weighted by atomic mass is 35.5. The molecular formula is C10H12Cl2N2O2. The first-order valence-electron chi connectivity index (χ1n) is 4.58. The molecule has 0 aromatic heterocycles. The van der Waals surface area contributed by atoms with E-state index < -0.39 is 0 Å². The Morgan fingerprint density at radius 3 is 2.38 bits per heavy atom. The summed E-state index contributed by atoms with van der Waals surface area (Å²) in [7, 11) is 1.58. The number of nitrogens with zero attached hydrogens (tertiary/aromatic N) is 1. The molecule has 6 heteroatoms. The highest BCUT2D eigenvalue weighted by molar-refractivity contribution is 6.39. The lowest BCUT2D eigenvalue weighted by Gasteiger charge is -2.16. The Morgan fingerprint density at radius 1 is 1.44 bits per heavy atom. The lowest BCUT2D eigenvalue weighted by atomic mass is 10.2. The van der Waals surface area contributed by atoms with Gasteiger partial charge in [-0.15, -0.1) is 0 Å². The number of benzene rings is 1. The summed E-state index contributed by atoms with van der Waals surface area (Å²) < 4.78 is 0. The standard InChI is InChI=1S/C10H12Cl2N2O2/c1-14(2-3-15)10(16)6-4-7(11)9(13)8(12)5-6/h4-5,15H,2-3,13H2,1H3. The van der Waals surface area contributed by atoms with Gasteiger partial charge < -0.3 is 15.7 Å². The second-order valence-electron chi connectivity index (χ2n) is 3.30. The van der Waals surface area contributed by atoms with Gasteiger partial charge in [-0.25, -0.2) is 0 Å². The smallest absolute Gasteiger partial charge is 0.253 e. The van der Waals surface area contributed by atoms with Crippen molar-refractivity contribution in [2.75, 3.05) is 25.9 Å². The molecule has 16 heavy (non-hydrogen) atoms. The van der Waals surface area contributed by atoms with Crippen molar-refractivity contribution in [3.8, 4) is 0 Å². The van der Waals surface area contributed by atoms with Gasteiger partial charge in [0.15, 0.2) is 0 Å². The van der Waals surface area contributed by atoms with Crippen LogP contribution in [-0.2, 0) is 0 Å². The van der Waals surface area contributed by atoms with Gasteiger partial charge in [0.05, 0.1) is 22.3 Å². The van der Waals surface area contributed by atoms with Crippen molar-refractivity contribution in [3.63, 3.8) is 0 Å². The second-order valence-corrected chi connectivity index (χ2v) is 4.12. The highest BCUT2D eigenvalue weighted by Crippen LogP contribution is 2.29. The Hall–Kier alpha value is -0.970. The van der Waals surface area contributed by atoms with Crippen LogP contribution in [-0.4, -0.2) is 36.1 Å². The van der Waals surface area contributed by atoms with Gasteiger partial charge in [0.2, 0.25) is 0 Å². The van der Waals surface area contributed by atoms with Gasteiger partial charge in [-0.3, -0.25) is 4.79 Å². The van der Waals surface area contributed by atoms with Gasteiger partial charge in [-0.2, -0.15) is 0 Å². The number of carbonyl (C=O) groups excluding carboxylic acids is 1. The summed E-state index contributed by atoms with van der Waals surface area (Å²) in [5.41, 5.74) is 6.16. The fourth-order valence-corrected chi connectivity index (χ4v) is 1.67. The van der Waals surface area contributed by atoms with E-state index in [0.29, 0.717) is 5.56 Å². The number of hydrogen-bond donors (Lipinski definition) is 2. The summed E-state index contributed by atoms with van der Waals surface area (Å²) >= 11 is 11.6. The van der Waals surface area contributed by atoms with Crippen LogP contribution >= 0.6 is 23.2 Å². The minimum Gasteiger partial charge on any atom is -0.396 e. The maximum absolute atomic E-state index is 11.8. The number of carbonyl (C=O) groups is 1. The van der Waals surface area contributed by atoms with Crippen molar-refractivity contribution >= 4 is 34.8 Å². The Kier molecular flexibility index (Phi) is 4.41. The third kappa shape index (κ3) is 2.78. The van der Waals surface area contributed by atoms with Gasteiger partial charge in [0.25, 0.3) is 5.91 Å². The van der Waals surface area contributed by atoms with Crippen molar-refractivity contribution in [2.45, 2.75) is 0 Å². The minimum atomic E-state index is -0.266. The number of nitrogen functional groups attached to an aromatic ring is 1. The minimum absolute atomic E-state index is 0.0985. The van der Waals surface area contributed by atoms with E-state index in [2.05, 4.69) is 0 Å². The summed E-state index contributed by atoms with van der Waals surface area (Å²) in [5, 5.41) is 9.21. The normalized spacial score (nSPS) is 10.2. The van der Waals surface area contributed by atoms with Crippen LogP contribution in [0.25, 0.3) is 0 Å². The van der Waals surface area contributed by atoms with E-state index in [1.165, 1.54) is 17.0 Å². The van der Waals surface area contributed by atoms with Crippen LogP contribution < -0.4 is 5.73 Å². The molecule has 0 aliphatic carbocycles. The fraction of sp³-hybridized carbons (Fsp3) is 0.300. The van der Waals surface area contributed by atoms with Gasteiger partial charge in [-0.05, 0) is 12.1 Å². The molecule has 1 rings (SSSR count). The molecule has 0 radical (unpaired) electrons. The van der Waals surface area contributed by atoms with Crippen LogP contribution in [0, 0.1) is 0 Å². The molecule has 0 saturated heterocycles. The predicted octanol–water partition coefficient (Wildman–Crippen LogP) is 1.64. The number of anilines is 1. The molecule has 0 atom stereocenters. The molecule has 0 saturated carbocycles. The average Bonchev–Trinajstić information content (AvgIpc) is 2.24. The average molecular weight is 263 g/mol. The van der Waals surface area contributed by atoms with Gasteiger partial charge >= 0.3 is 0 Å². The van der Waals surface area contributed by atoms with E-state index in [1.807, 2.05) is 0 Å². The van der Waals surface area contributed by atoms with Gasteiger partial charge in [0.1, 0.15) is 0 Å². The molecule has 88 valence electrons. The van der Waals surface area contributed by atoms with Crippen molar-refractivity contribution < 1.29 is 9.90 Å². The van der Waals surface area contributed by atoms with Crippen molar-refractivity contribution in [1.29, 1.82) is 0 Å². The summed E-state index contributed by atoms with van der Waals surface area (Å²) in [5.74, 6) is -0.266. The predicted molar refractivity (Wildman–Crippen MR) is 64.9 cm³/mol. The molecule has 0 fully saturated rings. The van der Waals surface area contributed by atoms with E-state index in [9.17, 15) is 4.79 Å². The maximum Gasteiger partial charge on any atom is 0.253 e. The summed E-state index contributed by atoms with van der Waals surface area (Å²) in [6, 6.07) is 2.91. The number of aliphatic hydroxyl groups excluding tert-OH is 1. The summed E-state index contributed by atoms with van der Waals surface area (Å²) in [4.78, 5) is 13.2. The number of rotatable bonds is 3. The zero-order chi connectivity index (χ0) is 12.3. The number of likely N-dealkylation sites (N-methyl/N-ethyl adjacent to an activating group) is 1. The van der Waals surface area contributed by atoms with E-state index in [0.717, 1.165) is 0 Å². The molecule has 1 aromatic rings. The van der Waals surface area contributed by atoms with Crippen LogP contribution in [0.3, 0.4) is 0 Å².